The number of hydrogen-bond donors (Lipinski definition) is 3. The van der Waals surface area contributed by atoms with E-state index in [1.807, 2.05) is 0 Å². The largest absolute Gasteiger partial charge is 0.390 e. The number of halogens is 2. The number of hydrogen-bond acceptors (Lipinski definition) is 3. The number of alkyl halides is 2. The molecule has 0 fully saturated rings. The second-order valence-corrected chi connectivity index (χ2v) is 4.65. The van der Waals surface area contributed by atoms with Crippen LogP contribution in [0, 0.1) is 0 Å². The number of aliphatic hydroxyl groups is 1. The number of sulfonamides is 1. The molecule has 0 saturated heterocycles. The molecule has 0 spiro atoms. The van der Waals surface area contributed by atoms with E-state index in [0.717, 1.165) is 0 Å². The fraction of sp³-hybridized carbons (Fsp3) is 0.429. The van der Waals surface area contributed by atoms with Crippen molar-refractivity contribution in [2.45, 2.75) is 10.8 Å². The molecule has 1 aromatic heterocycles. The first kappa shape index (κ1) is 12.1. The zero-order valence-corrected chi connectivity index (χ0v) is 8.39. The second kappa shape index (κ2) is 4.25. The van der Waals surface area contributed by atoms with Crippen molar-refractivity contribution in [1.82, 2.24) is 9.71 Å². The van der Waals surface area contributed by atoms with Gasteiger partial charge in [0.25, 0.3) is 5.92 Å². The van der Waals surface area contributed by atoms with Gasteiger partial charge in [-0.3, -0.25) is 0 Å². The highest BCUT2D eigenvalue weighted by Crippen LogP contribution is 2.12. The molecule has 0 atom stereocenters. The molecule has 0 amide bonds. The Bertz CT molecular complexity index is 402. The molecule has 3 N–H and O–H groups in total. The number of aliphatic hydroxyl groups excluding tert-OH is 1. The van der Waals surface area contributed by atoms with Gasteiger partial charge in [0.05, 0.1) is 11.4 Å². The van der Waals surface area contributed by atoms with Crippen LogP contribution in [0.1, 0.15) is 0 Å². The van der Waals surface area contributed by atoms with Crippen LogP contribution in [0.15, 0.2) is 23.4 Å². The van der Waals surface area contributed by atoms with Gasteiger partial charge in [-0.2, -0.15) is 0 Å². The van der Waals surface area contributed by atoms with Crippen LogP contribution in [-0.4, -0.2) is 37.6 Å². The Morgan fingerprint density at radius 1 is 1.53 bits per heavy atom. The first-order valence-electron chi connectivity index (χ1n) is 3.98. The van der Waals surface area contributed by atoms with E-state index >= 15 is 0 Å². The molecular formula is C7H10F2N2O3S. The predicted octanol–water partition coefficient (Wildman–Crippen LogP) is -0.0794. The zero-order chi connectivity index (χ0) is 11.5. The fourth-order valence-corrected chi connectivity index (χ4v) is 1.85. The number of H-pyrrole nitrogens is 1. The Morgan fingerprint density at radius 3 is 2.67 bits per heavy atom. The van der Waals surface area contributed by atoms with Crippen molar-refractivity contribution in [3.63, 3.8) is 0 Å². The Kier molecular flexibility index (Phi) is 3.42. The van der Waals surface area contributed by atoms with Gasteiger partial charge in [-0.15, -0.1) is 0 Å². The highest BCUT2D eigenvalue weighted by atomic mass is 32.2. The lowest BCUT2D eigenvalue weighted by Crippen LogP contribution is -2.38. The van der Waals surface area contributed by atoms with Crippen LogP contribution in [-0.2, 0) is 10.0 Å². The summed E-state index contributed by atoms with van der Waals surface area (Å²) in [7, 11) is -3.93. The minimum Gasteiger partial charge on any atom is -0.390 e. The highest BCUT2D eigenvalue weighted by Gasteiger charge is 2.30. The SMILES string of the molecule is O=S(=O)(NCC(F)(F)CO)c1cc[nH]c1. The van der Waals surface area contributed by atoms with E-state index in [2.05, 4.69) is 4.98 Å². The topological polar surface area (TPSA) is 82.2 Å². The zero-order valence-electron chi connectivity index (χ0n) is 7.57. The van der Waals surface area contributed by atoms with E-state index in [4.69, 9.17) is 5.11 Å². The van der Waals surface area contributed by atoms with Crippen molar-refractivity contribution in [3.05, 3.63) is 18.5 Å². The Morgan fingerprint density at radius 2 is 2.20 bits per heavy atom. The van der Waals surface area contributed by atoms with E-state index in [0.29, 0.717) is 0 Å². The maximum absolute atomic E-state index is 12.5. The van der Waals surface area contributed by atoms with E-state index in [9.17, 15) is 17.2 Å². The molecule has 15 heavy (non-hydrogen) atoms. The quantitative estimate of drug-likeness (QED) is 0.673. The summed E-state index contributed by atoms with van der Waals surface area (Å²) >= 11 is 0. The van der Waals surface area contributed by atoms with Gasteiger partial charge >= 0.3 is 0 Å². The van der Waals surface area contributed by atoms with E-state index < -0.39 is 29.1 Å². The molecule has 1 heterocycles. The number of aromatic nitrogens is 1. The van der Waals surface area contributed by atoms with Gasteiger partial charge in [0.2, 0.25) is 10.0 Å². The molecule has 0 aliphatic heterocycles. The van der Waals surface area contributed by atoms with Gasteiger partial charge in [0, 0.05) is 12.4 Å². The summed E-state index contributed by atoms with van der Waals surface area (Å²) in [5.74, 6) is -3.45. The summed E-state index contributed by atoms with van der Waals surface area (Å²) in [6.07, 6.45) is 2.53. The molecule has 0 aliphatic carbocycles. The van der Waals surface area contributed by atoms with E-state index in [1.54, 1.807) is 4.72 Å². The summed E-state index contributed by atoms with van der Waals surface area (Å²) < 4.78 is 49.4. The molecule has 0 aliphatic rings. The molecular weight excluding hydrogens is 230 g/mol. The molecule has 0 aromatic carbocycles. The summed E-state index contributed by atoms with van der Waals surface area (Å²) in [5.41, 5.74) is 0. The van der Waals surface area contributed by atoms with Crippen molar-refractivity contribution in [3.8, 4) is 0 Å². The molecule has 8 heteroatoms. The van der Waals surface area contributed by atoms with Crippen LogP contribution >= 0.6 is 0 Å². The van der Waals surface area contributed by atoms with Gasteiger partial charge in [-0.25, -0.2) is 21.9 Å². The Hall–Kier alpha value is -0.990. The van der Waals surface area contributed by atoms with E-state index in [1.165, 1.54) is 18.5 Å². The monoisotopic (exact) mass is 240 g/mol. The standard InChI is InChI=1S/C7H10F2N2O3S/c8-7(9,5-12)4-11-15(13,14)6-1-2-10-3-6/h1-3,10-12H,4-5H2. The average Bonchev–Trinajstić information content (AvgIpc) is 2.69. The van der Waals surface area contributed by atoms with Gasteiger partial charge in [0.15, 0.2) is 0 Å². The smallest absolute Gasteiger partial charge is 0.283 e. The van der Waals surface area contributed by atoms with Crippen molar-refractivity contribution >= 4 is 10.0 Å². The molecule has 86 valence electrons. The maximum Gasteiger partial charge on any atom is 0.283 e. The van der Waals surface area contributed by atoms with Crippen LogP contribution in [0.3, 0.4) is 0 Å². The third-order valence-corrected chi connectivity index (χ3v) is 3.03. The third kappa shape index (κ3) is 3.26. The lowest BCUT2D eigenvalue weighted by atomic mass is 10.4. The molecule has 0 saturated carbocycles. The summed E-state index contributed by atoms with van der Waals surface area (Å²) in [4.78, 5) is 2.36. The maximum atomic E-state index is 12.5. The molecule has 0 bridgehead atoms. The summed E-state index contributed by atoms with van der Waals surface area (Å²) in [6.45, 7) is -2.53. The Labute approximate surface area is 85.2 Å². The first-order valence-corrected chi connectivity index (χ1v) is 5.47. The fourth-order valence-electron chi connectivity index (χ4n) is 0.816. The Balaban J connectivity index is 2.67. The van der Waals surface area contributed by atoms with Crippen LogP contribution in [0.25, 0.3) is 0 Å². The lowest BCUT2D eigenvalue weighted by molar-refractivity contribution is -0.0437. The lowest BCUT2D eigenvalue weighted by Gasteiger charge is -2.13. The number of rotatable bonds is 5. The van der Waals surface area contributed by atoms with Crippen LogP contribution < -0.4 is 4.72 Å². The van der Waals surface area contributed by atoms with E-state index in [-0.39, 0.29) is 4.90 Å². The first-order chi connectivity index (χ1) is 6.87. The van der Waals surface area contributed by atoms with Crippen molar-refractivity contribution in [2.75, 3.05) is 13.2 Å². The molecule has 0 radical (unpaired) electrons. The van der Waals surface area contributed by atoms with Crippen LogP contribution in [0.5, 0.6) is 0 Å². The molecule has 1 rings (SSSR count). The van der Waals surface area contributed by atoms with Gasteiger partial charge in [-0.05, 0) is 6.07 Å². The van der Waals surface area contributed by atoms with Crippen molar-refractivity contribution < 1.29 is 22.3 Å². The predicted molar refractivity (Wildman–Crippen MR) is 48.0 cm³/mol. The molecule has 5 nitrogen and oxygen atoms in total. The van der Waals surface area contributed by atoms with Crippen LogP contribution in [0.4, 0.5) is 8.78 Å². The normalized spacial score (nSPS) is 13.0. The van der Waals surface area contributed by atoms with Crippen molar-refractivity contribution in [2.24, 2.45) is 0 Å². The number of aromatic amines is 1. The minimum absolute atomic E-state index is 0.128. The van der Waals surface area contributed by atoms with Crippen molar-refractivity contribution in [1.29, 1.82) is 0 Å². The third-order valence-electron chi connectivity index (χ3n) is 1.63. The molecule has 0 unspecified atom stereocenters. The number of nitrogens with one attached hydrogen (secondary N) is 2. The van der Waals surface area contributed by atoms with Crippen LogP contribution in [0.2, 0.25) is 0 Å². The minimum atomic E-state index is -3.93. The van der Waals surface area contributed by atoms with Gasteiger partial charge in [0.1, 0.15) is 6.61 Å². The van der Waals surface area contributed by atoms with Gasteiger partial charge in [-0.1, -0.05) is 0 Å². The molecule has 1 aromatic rings. The highest BCUT2D eigenvalue weighted by molar-refractivity contribution is 7.89. The average molecular weight is 240 g/mol. The van der Waals surface area contributed by atoms with Gasteiger partial charge < -0.3 is 10.1 Å². The second-order valence-electron chi connectivity index (χ2n) is 2.89. The summed E-state index contributed by atoms with van der Waals surface area (Å²) in [5, 5.41) is 8.23. The summed E-state index contributed by atoms with van der Waals surface area (Å²) in [6, 6.07) is 1.24.